The highest BCUT2D eigenvalue weighted by Gasteiger charge is 2.27. The van der Waals surface area contributed by atoms with Gasteiger partial charge >= 0.3 is 0 Å². The Labute approximate surface area is 81.2 Å². The zero-order chi connectivity index (χ0) is 10.1. The fourth-order valence-corrected chi connectivity index (χ4v) is 2.74. The first-order chi connectivity index (χ1) is 5.91. The van der Waals surface area contributed by atoms with Gasteiger partial charge in [-0.2, -0.15) is 0 Å². The van der Waals surface area contributed by atoms with Crippen molar-refractivity contribution in [1.29, 1.82) is 0 Å². The fraction of sp³-hybridized carbons (Fsp3) is 1.00. The summed E-state index contributed by atoms with van der Waals surface area (Å²) < 4.78 is 24.2. The summed E-state index contributed by atoms with van der Waals surface area (Å²) in [5, 5.41) is 0. The van der Waals surface area contributed by atoms with Gasteiger partial charge < -0.3 is 0 Å². The SMILES string of the molecule is CC(C)C1CCCN(S(C)(=O)=O)C1. The van der Waals surface area contributed by atoms with Crippen molar-refractivity contribution < 1.29 is 8.42 Å². The number of piperidine rings is 1. The van der Waals surface area contributed by atoms with Crippen LogP contribution >= 0.6 is 0 Å². The molecule has 1 fully saturated rings. The molecule has 1 rings (SSSR count). The average molecular weight is 205 g/mol. The van der Waals surface area contributed by atoms with Crippen LogP contribution in [-0.2, 0) is 10.0 Å². The Kier molecular flexibility index (Phi) is 3.35. The summed E-state index contributed by atoms with van der Waals surface area (Å²) in [6, 6.07) is 0. The van der Waals surface area contributed by atoms with Gasteiger partial charge in [-0.05, 0) is 24.7 Å². The number of sulfonamides is 1. The van der Waals surface area contributed by atoms with Gasteiger partial charge in [0.2, 0.25) is 10.0 Å². The minimum atomic E-state index is -2.96. The Morgan fingerprint density at radius 3 is 2.46 bits per heavy atom. The standard InChI is InChI=1S/C9H19NO2S/c1-8(2)9-5-4-6-10(7-9)13(3,11)12/h8-9H,4-7H2,1-3H3. The molecule has 0 amide bonds. The van der Waals surface area contributed by atoms with Crippen LogP contribution in [0.15, 0.2) is 0 Å². The molecule has 1 unspecified atom stereocenters. The molecular weight excluding hydrogens is 186 g/mol. The molecule has 0 aliphatic carbocycles. The van der Waals surface area contributed by atoms with Gasteiger partial charge in [-0.25, -0.2) is 12.7 Å². The maximum absolute atomic E-state index is 11.3. The Hall–Kier alpha value is -0.0900. The summed E-state index contributed by atoms with van der Waals surface area (Å²) in [6.45, 7) is 5.76. The minimum Gasteiger partial charge on any atom is -0.213 e. The average Bonchev–Trinajstić information content (AvgIpc) is 2.03. The zero-order valence-corrected chi connectivity index (χ0v) is 9.47. The third-order valence-electron chi connectivity index (χ3n) is 2.83. The van der Waals surface area contributed by atoms with E-state index < -0.39 is 10.0 Å². The number of nitrogens with zero attached hydrogens (tertiary/aromatic N) is 1. The Bertz CT molecular complexity index is 259. The van der Waals surface area contributed by atoms with Gasteiger partial charge in [-0.15, -0.1) is 0 Å². The van der Waals surface area contributed by atoms with E-state index in [4.69, 9.17) is 0 Å². The molecule has 0 aromatic rings. The van der Waals surface area contributed by atoms with Gasteiger partial charge in [0.25, 0.3) is 0 Å². The molecule has 4 heteroatoms. The molecule has 0 spiro atoms. The van der Waals surface area contributed by atoms with E-state index in [0.29, 0.717) is 18.4 Å². The normalized spacial score (nSPS) is 26.6. The summed E-state index contributed by atoms with van der Waals surface area (Å²) in [4.78, 5) is 0. The summed E-state index contributed by atoms with van der Waals surface area (Å²) >= 11 is 0. The van der Waals surface area contributed by atoms with E-state index in [1.54, 1.807) is 4.31 Å². The molecule has 0 N–H and O–H groups in total. The third-order valence-corrected chi connectivity index (χ3v) is 4.10. The maximum atomic E-state index is 11.3. The van der Waals surface area contributed by atoms with Crippen molar-refractivity contribution in [3.05, 3.63) is 0 Å². The maximum Gasteiger partial charge on any atom is 0.211 e. The minimum absolute atomic E-state index is 0.545. The third kappa shape index (κ3) is 2.95. The van der Waals surface area contributed by atoms with Crippen LogP contribution in [0.25, 0.3) is 0 Å². The van der Waals surface area contributed by atoms with Crippen LogP contribution < -0.4 is 0 Å². The predicted molar refractivity (Wildman–Crippen MR) is 54.0 cm³/mol. The van der Waals surface area contributed by atoms with Gasteiger partial charge in [0, 0.05) is 13.1 Å². The van der Waals surface area contributed by atoms with E-state index in [0.717, 1.165) is 13.0 Å². The first-order valence-electron chi connectivity index (χ1n) is 4.86. The van der Waals surface area contributed by atoms with Crippen molar-refractivity contribution in [1.82, 2.24) is 4.31 Å². The van der Waals surface area contributed by atoms with Gasteiger partial charge in [0.15, 0.2) is 0 Å². The second-order valence-electron chi connectivity index (χ2n) is 4.27. The predicted octanol–water partition coefficient (Wildman–Crippen LogP) is 1.31. The largest absolute Gasteiger partial charge is 0.213 e. The number of rotatable bonds is 2. The van der Waals surface area contributed by atoms with Crippen molar-refractivity contribution in [2.24, 2.45) is 11.8 Å². The number of hydrogen-bond donors (Lipinski definition) is 0. The van der Waals surface area contributed by atoms with Gasteiger partial charge in [-0.1, -0.05) is 13.8 Å². The van der Waals surface area contributed by atoms with Crippen LogP contribution in [0.1, 0.15) is 26.7 Å². The van der Waals surface area contributed by atoms with E-state index in [-0.39, 0.29) is 0 Å². The van der Waals surface area contributed by atoms with Gasteiger partial charge in [0.1, 0.15) is 0 Å². The topological polar surface area (TPSA) is 37.4 Å². The lowest BCUT2D eigenvalue weighted by Crippen LogP contribution is -2.40. The van der Waals surface area contributed by atoms with Crippen LogP contribution in [0.3, 0.4) is 0 Å². The highest BCUT2D eigenvalue weighted by Crippen LogP contribution is 2.24. The Morgan fingerprint density at radius 2 is 2.00 bits per heavy atom. The lowest BCUT2D eigenvalue weighted by molar-refractivity contribution is 0.220. The second-order valence-corrected chi connectivity index (χ2v) is 6.25. The van der Waals surface area contributed by atoms with E-state index in [2.05, 4.69) is 13.8 Å². The Balaban J connectivity index is 2.62. The van der Waals surface area contributed by atoms with Crippen molar-refractivity contribution in [3.8, 4) is 0 Å². The van der Waals surface area contributed by atoms with Crippen LogP contribution in [-0.4, -0.2) is 32.1 Å². The molecule has 0 radical (unpaired) electrons. The summed E-state index contributed by atoms with van der Waals surface area (Å²) in [5.41, 5.74) is 0. The summed E-state index contributed by atoms with van der Waals surface area (Å²) in [7, 11) is -2.96. The highest BCUT2D eigenvalue weighted by atomic mass is 32.2. The van der Waals surface area contributed by atoms with Crippen LogP contribution in [0, 0.1) is 11.8 Å². The van der Waals surface area contributed by atoms with Crippen LogP contribution in [0.4, 0.5) is 0 Å². The summed E-state index contributed by atoms with van der Waals surface area (Å²) in [5.74, 6) is 1.13. The zero-order valence-electron chi connectivity index (χ0n) is 8.66. The van der Waals surface area contributed by atoms with Gasteiger partial charge in [0.05, 0.1) is 6.26 Å². The molecule has 78 valence electrons. The molecule has 0 aromatic heterocycles. The molecule has 1 aliphatic rings. The van der Waals surface area contributed by atoms with Gasteiger partial charge in [-0.3, -0.25) is 0 Å². The monoisotopic (exact) mass is 205 g/mol. The van der Waals surface area contributed by atoms with E-state index in [9.17, 15) is 8.42 Å². The first-order valence-corrected chi connectivity index (χ1v) is 6.71. The molecule has 1 heterocycles. The van der Waals surface area contributed by atoms with Crippen molar-refractivity contribution in [2.45, 2.75) is 26.7 Å². The molecule has 3 nitrogen and oxygen atoms in total. The first kappa shape index (κ1) is 11.0. The van der Waals surface area contributed by atoms with Crippen molar-refractivity contribution >= 4 is 10.0 Å². The second kappa shape index (κ2) is 3.96. The lowest BCUT2D eigenvalue weighted by Gasteiger charge is -2.32. The molecular formula is C9H19NO2S. The molecule has 13 heavy (non-hydrogen) atoms. The van der Waals surface area contributed by atoms with Crippen LogP contribution in [0.2, 0.25) is 0 Å². The molecule has 0 aromatic carbocycles. The lowest BCUT2D eigenvalue weighted by atomic mass is 9.89. The van der Waals surface area contributed by atoms with E-state index >= 15 is 0 Å². The number of hydrogen-bond acceptors (Lipinski definition) is 2. The summed E-state index contributed by atoms with van der Waals surface area (Å²) in [6.07, 6.45) is 3.48. The molecule has 1 atom stereocenters. The van der Waals surface area contributed by atoms with E-state index in [1.807, 2.05) is 0 Å². The fourth-order valence-electron chi connectivity index (χ4n) is 1.82. The molecule has 1 aliphatic heterocycles. The highest BCUT2D eigenvalue weighted by molar-refractivity contribution is 7.88. The van der Waals surface area contributed by atoms with E-state index in [1.165, 1.54) is 12.7 Å². The molecule has 0 bridgehead atoms. The Morgan fingerprint density at radius 1 is 1.38 bits per heavy atom. The van der Waals surface area contributed by atoms with Crippen LogP contribution in [0.5, 0.6) is 0 Å². The molecule has 0 saturated carbocycles. The smallest absolute Gasteiger partial charge is 0.211 e. The van der Waals surface area contributed by atoms with Crippen molar-refractivity contribution in [2.75, 3.05) is 19.3 Å². The quantitative estimate of drug-likeness (QED) is 0.681. The van der Waals surface area contributed by atoms with Crippen molar-refractivity contribution in [3.63, 3.8) is 0 Å². The molecule has 1 saturated heterocycles.